The van der Waals surface area contributed by atoms with Crippen molar-refractivity contribution in [2.75, 3.05) is 32.8 Å². The predicted octanol–water partition coefficient (Wildman–Crippen LogP) is 1.75. The third kappa shape index (κ3) is 2.40. The highest BCUT2D eigenvalue weighted by atomic mass is 32.2. The largest absolute Gasteiger partial charge is 0.379 e. The SMILES string of the molecule is Cc1cc(C)c(S(=O)(=O)N2CC3(CCNCC3)[C@@H]3COC[C@@H]32)s1. The van der Waals surface area contributed by atoms with E-state index in [4.69, 9.17) is 4.74 Å². The van der Waals surface area contributed by atoms with Gasteiger partial charge in [0.25, 0.3) is 10.0 Å². The van der Waals surface area contributed by atoms with Gasteiger partial charge in [-0.25, -0.2) is 8.42 Å². The van der Waals surface area contributed by atoms with E-state index in [9.17, 15) is 8.42 Å². The van der Waals surface area contributed by atoms with Crippen LogP contribution in [0.25, 0.3) is 0 Å². The Balaban J connectivity index is 1.72. The van der Waals surface area contributed by atoms with Gasteiger partial charge in [-0.3, -0.25) is 0 Å². The molecule has 128 valence electrons. The molecule has 3 saturated heterocycles. The van der Waals surface area contributed by atoms with Crippen LogP contribution >= 0.6 is 11.3 Å². The zero-order valence-electron chi connectivity index (χ0n) is 13.7. The third-order valence-electron chi connectivity index (χ3n) is 5.82. The van der Waals surface area contributed by atoms with Crippen LogP contribution in [-0.2, 0) is 14.8 Å². The lowest BCUT2D eigenvalue weighted by Crippen LogP contribution is -2.43. The highest BCUT2D eigenvalue weighted by molar-refractivity contribution is 7.91. The lowest BCUT2D eigenvalue weighted by molar-refractivity contribution is 0.0979. The van der Waals surface area contributed by atoms with Gasteiger partial charge in [0.05, 0.1) is 19.3 Å². The molecule has 0 amide bonds. The van der Waals surface area contributed by atoms with Crippen LogP contribution in [-0.4, -0.2) is 51.6 Å². The van der Waals surface area contributed by atoms with E-state index in [1.807, 2.05) is 19.9 Å². The topological polar surface area (TPSA) is 58.6 Å². The molecule has 0 radical (unpaired) electrons. The van der Waals surface area contributed by atoms with E-state index in [1.54, 1.807) is 4.31 Å². The van der Waals surface area contributed by atoms with E-state index in [2.05, 4.69) is 5.32 Å². The Morgan fingerprint density at radius 3 is 2.70 bits per heavy atom. The second-order valence-corrected chi connectivity index (χ2v) is 10.5. The van der Waals surface area contributed by atoms with Crippen LogP contribution < -0.4 is 5.32 Å². The van der Waals surface area contributed by atoms with Gasteiger partial charge in [0, 0.05) is 17.3 Å². The number of aryl methyl sites for hydroxylation is 2. The Kier molecular flexibility index (Phi) is 3.85. The van der Waals surface area contributed by atoms with Crippen molar-refractivity contribution in [1.82, 2.24) is 9.62 Å². The van der Waals surface area contributed by atoms with E-state index >= 15 is 0 Å². The summed E-state index contributed by atoms with van der Waals surface area (Å²) in [5.74, 6) is 0.348. The van der Waals surface area contributed by atoms with Gasteiger partial charge in [-0.15, -0.1) is 11.3 Å². The second-order valence-electron chi connectivity index (χ2n) is 7.20. The zero-order valence-corrected chi connectivity index (χ0v) is 15.3. The molecule has 23 heavy (non-hydrogen) atoms. The fraction of sp³-hybridized carbons (Fsp3) is 0.750. The molecule has 0 unspecified atom stereocenters. The van der Waals surface area contributed by atoms with Gasteiger partial charge in [0.2, 0.25) is 0 Å². The molecule has 0 saturated carbocycles. The first-order valence-corrected chi connectivity index (χ1v) is 10.6. The van der Waals surface area contributed by atoms with Crippen LogP contribution in [0, 0.1) is 25.2 Å². The number of fused-ring (bicyclic) bond motifs is 2. The first-order chi connectivity index (χ1) is 10.9. The van der Waals surface area contributed by atoms with Crippen LogP contribution in [0.1, 0.15) is 23.3 Å². The van der Waals surface area contributed by atoms with Gasteiger partial charge in [0.15, 0.2) is 0 Å². The van der Waals surface area contributed by atoms with Gasteiger partial charge in [-0.2, -0.15) is 4.31 Å². The fourth-order valence-corrected chi connectivity index (χ4v) is 8.18. The van der Waals surface area contributed by atoms with Gasteiger partial charge < -0.3 is 10.1 Å². The maximum Gasteiger partial charge on any atom is 0.253 e. The molecule has 1 aromatic rings. The van der Waals surface area contributed by atoms with Crippen LogP contribution in [0.15, 0.2) is 10.3 Å². The van der Waals surface area contributed by atoms with Crippen molar-refractivity contribution in [2.45, 2.75) is 36.9 Å². The average molecular weight is 357 g/mol. The number of rotatable bonds is 2. The number of hydrogen-bond donors (Lipinski definition) is 1. The average Bonchev–Trinajstić information content (AvgIpc) is 3.18. The Bertz CT molecular complexity index is 707. The van der Waals surface area contributed by atoms with Crippen molar-refractivity contribution in [3.63, 3.8) is 0 Å². The van der Waals surface area contributed by atoms with Gasteiger partial charge in [-0.05, 0) is 56.8 Å². The van der Waals surface area contributed by atoms with Crippen molar-refractivity contribution in [1.29, 1.82) is 0 Å². The number of sulfonamides is 1. The van der Waals surface area contributed by atoms with Crippen molar-refractivity contribution >= 4 is 21.4 Å². The third-order valence-corrected chi connectivity index (χ3v) is 9.45. The summed E-state index contributed by atoms with van der Waals surface area (Å²) in [5, 5.41) is 3.41. The smallest absolute Gasteiger partial charge is 0.253 e. The molecule has 1 N–H and O–H groups in total. The minimum atomic E-state index is -3.43. The molecule has 3 aliphatic rings. The number of nitrogens with one attached hydrogen (secondary N) is 1. The van der Waals surface area contributed by atoms with Gasteiger partial charge in [-0.1, -0.05) is 0 Å². The normalized spacial score (nSPS) is 30.9. The summed E-state index contributed by atoms with van der Waals surface area (Å²) in [6.45, 7) is 7.74. The second kappa shape index (κ2) is 5.52. The number of piperidine rings is 1. The zero-order chi connectivity index (χ0) is 16.2. The molecular formula is C16H24N2O3S2. The Labute approximate surface area is 142 Å². The molecule has 3 fully saturated rings. The number of hydrogen-bond acceptors (Lipinski definition) is 5. The quantitative estimate of drug-likeness (QED) is 0.877. The molecule has 1 spiro atoms. The molecule has 0 bridgehead atoms. The number of nitrogens with zero attached hydrogens (tertiary/aromatic N) is 1. The molecule has 2 atom stereocenters. The van der Waals surface area contributed by atoms with Gasteiger partial charge in [0.1, 0.15) is 4.21 Å². The van der Waals surface area contributed by atoms with E-state index in [-0.39, 0.29) is 11.5 Å². The Morgan fingerprint density at radius 1 is 1.30 bits per heavy atom. The van der Waals surface area contributed by atoms with E-state index in [0.717, 1.165) is 36.4 Å². The standard InChI is InChI=1S/C16H24N2O3S2/c1-11-7-12(2)22-15(11)23(19,20)18-10-16(3-5-17-6-4-16)13-8-21-9-14(13)18/h7,13-14,17H,3-6,8-10H2,1-2H3/t13-,14+/m1/s1. The highest BCUT2D eigenvalue weighted by Gasteiger charge is 2.58. The monoisotopic (exact) mass is 356 g/mol. The lowest BCUT2D eigenvalue weighted by Gasteiger charge is -2.37. The minimum absolute atomic E-state index is 0.0138. The molecule has 7 heteroatoms. The summed E-state index contributed by atoms with van der Waals surface area (Å²) < 4.78 is 34.6. The van der Waals surface area contributed by atoms with Crippen molar-refractivity contribution < 1.29 is 13.2 Å². The summed E-state index contributed by atoms with van der Waals surface area (Å²) in [6.07, 6.45) is 2.10. The van der Waals surface area contributed by atoms with Crippen LogP contribution in [0.2, 0.25) is 0 Å². The van der Waals surface area contributed by atoms with E-state index < -0.39 is 10.0 Å². The maximum absolute atomic E-state index is 13.3. The van der Waals surface area contributed by atoms with Crippen LogP contribution in [0.4, 0.5) is 0 Å². The molecular weight excluding hydrogens is 332 g/mol. The molecule has 4 heterocycles. The predicted molar refractivity (Wildman–Crippen MR) is 90.3 cm³/mol. The lowest BCUT2D eigenvalue weighted by atomic mass is 9.70. The summed E-state index contributed by atoms with van der Waals surface area (Å²) in [5.41, 5.74) is 0.967. The van der Waals surface area contributed by atoms with Gasteiger partial charge >= 0.3 is 0 Å². The summed E-state index contributed by atoms with van der Waals surface area (Å²) >= 11 is 1.39. The minimum Gasteiger partial charge on any atom is -0.379 e. The molecule has 0 aliphatic carbocycles. The summed E-state index contributed by atoms with van der Waals surface area (Å²) in [6, 6.07) is 1.98. The van der Waals surface area contributed by atoms with Crippen molar-refractivity contribution in [2.24, 2.45) is 11.3 Å². The fourth-order valence-electron chi connectivity index (χ4n) is 4.66. The Hall–Kier alpha value is -0.470. The first-order valence-electron chi connectivity index (χ1n) is 8.31. The summed E-state index contributed by atoms with van der Waals surface area (Å²) in [7, 11) is -3.43. The van der Waals surface area contributed by atoms with Crippen molar-refractivity contribution in [3.8, 4) is 0 Å². The Morgan fingerprint density at radius 2 is 2.04 bits per heavy atom. The number of thiophene rings is 1. The molecule has 3 aliphatic heterocycles. The molecule has 4 rings (SSSR count). The van der Waals surface area contributed by atoms with Crippen LogP contribution in [0.3, 0.4) is 0 Å². The number of ether oxygens (including phenoxy) is 1. The molecule has 5 nitrogen and oxygen atoms in total. The molecule has 1 aromatic heterocycles. The van der Waals surface area contributed by atoms with E-state index in [1.165, 1.54) is 11.3 Å². The van der Waals surface area contributed by atoms with Crippen molar-refractivity contribution in [3.05, 3.63) is 16.5 Å². The summed E-state index contributed by atoms with van der Waals surface area (Å²) in [4.78, 5) is 1.05. The highest BCUT2D eigenvalue weighted by Crippen LogP contribution is 2.51. The maximum atomic E-state index is 13.3. The molecule has 0 aromatic carbocycles. The van der Waals surface area contributed by atoms with Crippen LogP contribution in [0.5, 0.6) is 0 Å². The van der Waals surface area contributed by atoms with E-state index in [0.29, 0.717) is 29.9 Å². The first kappa shape index (κ1) is 16.0.